The minimum Gasteiger partial charge on any atom is -0.871 e. The number of carbonyl (C=O) groups is 3. The number of aromatic nitrogens is 4. The maximum atomic E-state index is 14.3. The first-order valence-electron chi connectivity index (χ1n) is 23.7. The van der Waals surface area contributed by atoms with Crippen molar-refractivity contribution in [3.63, 3.8) is 0 Å². The van der Waals surface area contributed by atoms with Crippen molar-refractivity contribution in [3.05, 3.63) is 104 Å². The Bertz CT molecular complexity index is 2620. The number of carbonyl (C=O) groups excluding carboxylic acids is 3. The first kappa shape index (κ1) is 52.2. The molecule has 5 heterocycles. The van der Waals surface area contributed by atoms with E-state index in [1.54, 1.807) is 6.92 Å². The fraction of sp³-hybridized carbons (Fsp3) is 0.509. The Hall–Kier alpha value is -4.74. The Balaban J connectivity index is 0.00000817. The number of ketones is 1. The molecule has 0 amide bonds. The summed E-state index contributed by atoms with van der Waals surface area (Å²) in [5.41, 5.74) is 11.5. The predicted octanol–water partition coefficient (Wildman–Crippen LogP) is 11.5. The second kappa shape index (κ2) is 22.8. The van der Waals surface area contributed by atoms with Crippen LogP contribution >= 0.6 is 0 Å². The first-order chi connectivity index (χ1) is 30.9. The van der Waals surface area contributed by atoms with E-state index < -0.39 is 17.6 Å². The molecular weight excluding hydrogens is 837 g/mol. The van der Waals surface area contributed by atoms with Gasteiger partial charge in [-0.15, -0.1) is 22.1 Å². The number of allylic oxidation sites excluding steroid dienone is 5. The zero-order chi connectivity index (χ0) is 47.3. The van der Waals surface area contributed by atoms with Crippen LogP contribution in [0.5, 0.6) is 0 Å². The van der Waals surface area contributed by atoms with Gasteiger partial charge in [-0.05, 0) is 123 Å². The van der Waals surface area contributed by atoms with E-state index in [2.05, 4.69) is 60.6 Å². The monoisotopic (exact) mass is 906 g/mol. The normalized spacial score (nSPS) is 18.5. The van der Waals surface area contributed by atoms with E-state index in [1.807, 2.05) is 45.0 Å². The van der Waals surface area contributed by atoms with Crippen LogP contribution in [-0.2, 0) is 19.1 Å². The molecule has 66 heavy (non-hydrogen) atoms. The number of hydrogen-bond acceptors (Lipinski definition) is 8. The second-order valence-corrected chi connectivity index (χ2v) is 19.1. The van der Waals surface area contributed by atoms with Gasteiger partial charge in [0.2, 0.25) is 0 Å². The van der Waals surface area contributed by atoms with Crippen molar-refractivity contribution in [2.24, 2.45) is 5.92 Å². The molecule has 348 valence electrons. The molecule has 0 saturated carbocycles. The Labute approximate surface area is 408 Å². The molecule has 0 radical (unpaired) electrons. The summed E-state index contributed by atoms with van der Waals surface area (Å²) in [5, 5.41) is 14.3. The summed E-state index contributed by atoms with van der Waals surface area (Å²) in [5.74, 6) is -1.54. The number of nitrogens with zero attached hydrogens (tertiary/aromatic N) is 4. The van der Waals surface area contributed by atoms with Crippen LogP contribution in [0.15, 0.2) is 53.1 Å². The molecular formula is C55H69MgN4O6-. The first-order valence-corrected chi connectivity index (χ1v) is 23.7. The van der Waals surface area contributed by atoms with Gasteiger partial charge in [-0.1, -0.05) is 98.1 Å². The molecule has 3 aromatic heterocycles. The molecule has 6 rings (SSSR count). The fourth-order valence-electron chi connectivity index (χ4n) is 9.89. The van der Waals surface area contributed by atoms with E-state index in [4.69, 9.17) is 29.4 Å². The average Bonchev–Trinajstić information content (AvgIpc) is 4.00. The van der Waals surface area contributed by atoms with Crippen LogP contribution in [-0.4, -0.2) is 64.5 Å². The molecule has 10 nitrogen and oxygen atoms in total. The van der Waals surface area contributed by atoms with E-state index in [-0.39, 0.29) is 71.2 Å². The number of aryl methyl sites for hydroxylation is 2. The quantitative estimate of drug-likeness (QED) is 0.0523. The Morgan fingerprint density at radius 2 is 1.44 bits per heavy atom. The van der Waals surface area contributed by atoms with Gasteiger partial charge in [0.1, 0.15) is 6.61 Å². The van der Waals surface area contributed by atoms with Gasteiger partial charge in [0.05, 0.1) is 18.4 Å². The molecule has 0 aromatic carbocycles. The van der Waals surface area contributed by atoms with Crippen LogP contribution in [0.3, 0.4) is 0 Å². The molecule has 11 heteroatoms. The Kier molecular flexibility index (Phi) is 18.1. The Morgan fingerprint density at radius 1 is 0.788 bits per heavy atom. The number of hydrogen-bond donors (Lipinski definition) is 0. The van der Waals surface area contributed by atoms with Crippen LogP contribution in [0.2, 0.25) is 0 Å². The number of fused-ring (bicyclic) bond motifs is 8. The van der Waals surface area contributed by atoms with Gasteiger partial charge < -0.3 is 24.5 Å². The van der Waals surface area contributed by atoms with Crippen molar-refractivity contribution < 1.29 is 29.0 Å². The Morgan fingerprint density at radius 3 is 2.12 bits per heavy atom. The third kappa shape index (κ3) is 11.5. The summed E-state index contributed by atoms with van der Waals surface area (Å²) in [4.78, 5) is 60.5. The van der Waals surface area contributed by atoms with Gasteiger partial charge in [-0.3, -0.25) is 19.6 Å². The zero-order valence-corrected chi connectivity index (χ0v) is 43.0. The minimum absolute atomic E-state index is 0. The van der Waals surface area contributed by atoms with Crippen molar-refractivity contribution in [2.75, 3.05) is 13.7 Å². The van der Waals surface area contributed by atoms with E-state index >= 15 is 0 Å². The number of rotatable bonds is 18. The van der Waals surface area contributed by atoms with Crippen LogP contribution in [0.4, 0.5) is 0 Å². The van der Waals surface area contributed by atoms with E-state index in [0.29, 0.717) is 68.0 Å². The van der Waals surface area contributed by atoms with Gasteiger partial charge in [0, 0.05) is 52.7 Å². The van der Waals surface area contributed by atoms with E-state index in [1.165, 1.54) is 30.2 Å². The van der Waals surface area contributed by atoms with Crippen molar-refractivity contribution in [1.82, 2.24) is 19.9 Å². The van der Waals surface area contributed by atoms with E-state index in [9.17, 15) is 19.5 Å². The number of esters is 2. The van der Waals surface area contributed by atoms with Crippen molar-refractivity contribution in [1.29, 1.82) is 0 Å². The largest absolute Gasteiger partial charge is 2.00 e. The summed E-state index contributed by atoms with van der Waals surface area (Å²) in [6, 6.07) is 5.76. The summed E-state index contributed by atoms with van der Waals surface area (Å²) >= 11 is 0. The molecule has 5 atom stereocenters. The van der Waals surface area contributed by atoms with Crippen molar-refractivity contribution in [2.45, 2.75) is 164 Å². The van der Waals surface area contributed by atoms with E-state index in [0.717, 1.165) is 61.9 Å². The number of methoxy groups -OCH3 is 1. The van der Waals surface area contributed by atoms with Crippen LogP contribution in [0.25, 0.3) is 33.4 Å². The summed E-state index contributed by atoms with van der Waals surface area (Å²) in [7, 11) is 1.26. The predicted molar refractivity (Wildman–Crippen MR) is 264 cm³/mol. The molecule has 0 saturated heterocycles. The third-order valence-corrected chi connectivity index (χ3v) is 13.9. The SMILES string of the molecule is CC[C@H]1c2cc3[n-]c4c(c5nc(cc6[n-]c(cc(n2)[C@@H]1C)c(C(C)=O)c6C)[C@@H](C)[C@@H]5CCC(=O)OC/C=C(\C)CCC[C@H](C)CC/C=C(\C)CCC=C(C)C)C(C(=O)OC)=C([O-])c4c3C.[Mg+2]. The van der Waals surface area contributed by atoms with Gasteiger partial charge >= 0.3 is 35.0 Å². The fourth-order valence-corrected chi connectivity index (χ4v) is 9.89. The van der Waals surface area contributed by atoms with Crippen LogP contribution < -0.4 is 15.1 Å². The molecule has 0 N–H and O–H groups in total. The minimum atomic E-state index is -0.766. The van der Waals surface area contributed by atoms with Gasteiger partial charge in [0.15, 0.2) is 5.78 Å². The van der Waals surface area contributed by atoms with Crippen molar-refractivity contribution >= 4 is 74.2 Å². The maximum absolute atomic E-state index is 14.3. The van der Waals surface area contributed by atoms with Crippen LogP contribution in [0, 0.1) is 19.8 Å². The molecule has 0 spiro atoms. The summed E-state index contributed by atoms with van der Waals surface area (Å²) < 4.78 is 11.0. The molecule has 3 aliphatic rings. The summed E-state index contributed by atoms with van der Waals surface area (Å²) in [6.45, 7) is 22.7. The van der Waals surface area contributed by atoms with Crippen molar-refractivity contribution in [3.8, 4) is 0 Å². The zero-order valence-electron chi connectivity index (χ0n) is 41.6. The molecule has 0 fully saturated rings. The third-order valence-electron chi connectivity index (χ3n) is 13.9. The number of ether oxygens (including phenoxy) is 2. The molecule has 0 unspecified atom stereocenters. The van der Waals surface area contributed by atoms with Crippen LogP contribution in [0.1, 0.15) is 206 Å². The smallest absolute Gasteiger partial charge is 0.871 e. The van der Waals surface area contributed by atoms with Gasteiger partial charge in [-0.25, -0.2) is 4.79 Å². The van der Waals surface area contributed by atoms with Gasteiger partial charge in [0.25, 0.3) is 0 Å². The topological polar surface area (TPSA) is 147 Å². The molecule has 1 aliphatic carbocycles. The molecule has 3 aromatic rings. The maximum Gasteiger partial charge on any atom is 2.00 e. The average molecular weight is 906 g/mol. The second-order valence-electron chi connectivity index (χ2n) is 19.1. The summed E-state index contributed by atoms with van der Waals surface area (Å²) in [6.07, 6.45) is 15.7. The molecule has 2 aliphatic heterocycles. The van der Waals surface area contributed by atoms with Gasteiger partial charge in [-0.2, -0.15) is 0 Å². The standard InChI is InChI=1S/C55H72N4O6.Mg/c1-13-39-34(7)41-29-46-48(38(11)60)36(9)43(57-46)27-42-35(8)40(52(58-42)50-51(55(63)64-12)54(62)49-37(10)44(59-53(49)50)28-45(39)56-41)23-24-47(61)65-26-25-33(6)22-16-21-32(5)20-15-19-31(4)18-14-17-30(2)3;/h17,19,25,27-29,32,34-35,39-40H,13-16,18,20-24,26H2,1-12H3,(H3,56,57,58,59,60,62,63);/q;+2/p-3/b31-19+,33-25+;/t32-,34-,35+,39-,40+;/m1./s1. The molecule has 8 bridgehead atoms. The number of Topliss-reactive ketones (excluding diaryl/α,β-unsaturated/α-hetero) is 1.